The first kappa shape index (κ1) is 16.8. The number of hydrogen-bond acceptors (Lipinski definition) is 3. The van der Waals surface area contributed by atoms with Gasteiger partial charge < -0.3 is 9.88 Å². The smallest absolute Gasteiger partial charge is 0.251 e. The van der Waals surface area contributed by atoms with Gasteiger partial charge in [-0.3, -0.25) is 9.89 Å². The minimum absolute atomic E-state index is 0.111. The molecule has 134 valence electrons. The molecule has 1 atom stereocenters. The number of H-pyrrole nitrogens is 1. The van der Waals surface area contributed by atoms with Crippen molar-refractivity contribution in [3.8, 4) is 11.3 Å². The molecule has 0 aliphatic rings. The molecular weight excluding hydrogens is 338 g/mol. The van der Waals surface area contributed by atoms with Crippen molar-refractivity contribution in [1.82, 2.24) is 25.1 Å². The second-order valence-electron chi connectivity index (χ2n) is 6.24. The highest BCUT2D eigenvalue weighted by molar-refractivity contribution is 5.94. The quantitative estimate of drug-likeness (QED) is 0.555. The van der Waals surface area contributed by atoms with E-state index < -0.39 is 0 Å². The molecule has 6 heteroatoms. The highest BCUT2D eigenvalue weighted by Gasteiger charge is 2.16. The van der Waals surface area contributed by atoms with Gasteiger partial charge in [-0.25, -0.2) is 4.98 Å². The van der Waals surface area contributed by atoms with Crippen molar-refractivity contribution in [3.63, 3.8) is 0 Å². The fraction of sp³-hybridized carbons (Fsp3) is 0.0952. The molecule has 4 rings (SSSR count). The molecule has 0 saturated heterocycles. The lowest BCUT2D eigenvalue weighted by Gasteiger charge is -2.20. The predicted molar refractivity (Wildman–Crippen MR) is 103 cm³/mol. The van der Waals surface area contributed by atoms with Gasteiger partial charge >= 0.3 is 0 Å². The minimum Gasteiger partial charge on any atom is -0.343 e. The normalized spacial score (nSPS) is 11.9. The summed E-state index contributed by atoms with van der Waals surface area (Å²) in [5.41, 5.74) is 3.57. The van der Waals surface area contributed by atoms with Gasteiger partial charge in [-0.15, -0.1) is 0 Å². The summed E-state index contributed by atoms with van der Waals surface area (Å²) >= 11 is 0. The zero-order valence-corrected chi connectivity index (χ0v) is 14.6. The fourth-order valence-electron chi connectivity index (χ4n) is 2.98. The number of carbonyl (C=O) groups is 1. The number of rotatable bonds is 6. The zero-order chi connectivity index (χ0) is 18.5. The number of aromatic nitrogens is 4. The monoisotopic (exact) mass is 357 g/mol. The van der Waals surface area contributed by atoms with E-state index in [1.165, 1.54) is 0 Å². The molecule has 2 aromatic carbocycles. The van der Waals surface area contributed by atoms with Crippen molar-refractivity contribution in [3.05, 3.63) is 96.7 Å². The lowest BCUT2D eigenvalue weighted by Crippen LogP contribution is -2.31. The van der Waals surface area contributed by atoms with Gasteiger partial charge in [0.05, 0.1) is 18.1 Å². The summed E-state index contributed by atoms with van der Waals surface area (Å²) in [6.45, 7) is 0.613. The van der Waals surface area contributed by atoms with E-state index >= 15 is 0 Å². The third-order valence-electron chi connectivity index (χ3n) is 4.42. The number of nitrogens with one attached hydrogen (secondary N) is 2. The molecule has 0 aliphatic carbocycles. The van der Waals surface area contributed by atoms with Gasteiger partial charge in [0.1, 0.15) is 0 Å². The van der Waals surface area contributed by atoms with Crippen molar-refractivity contribution in [2.45, 2.75) is 12.6 Å². The number of hydrogen-bond donors (Lipinski definition) is 2. The van der Waals surface area contributed by atoms with E-state index in [0.29, 0.717) is 12.1 Å². The molecule has 0 radical (unpaired) electrons. The Balaban J connectivity index is 1.52. The number of aromatic amines is 1. The minimum atomic E-state index is -0.153. The fourth-order valence-corrected chi connectivity index (χ4v) is 2.98. The van der Waals surface area contributed by atoms with Gasteiger partial charge in [-0.05, 0) is 29.3 Å². The molecule has 2 N–H and O–H groups in total. The Labute approximate surface area is 156 Å². The van der Waals surface area contributed by atoms with E-state index in [4.69, 9.17) is 0 Å². The van der Waals surface area contributed by atoms with Crippen molar-refractivity contribution in [2.24, 2.45) is 0 Å². The van der Waals surface area contributed by atoms with Crippen LogP contribution in [0.25, 0.3) is 11.3 Å². The Bertz CT molecular complexity index is 977. The van der Waals surface area contributed by atoms with Crippen LogP contribution in [-0.2, 0) is 6.54 Å². The molecule has 2 aromatic heterocycles. The average molecular weight is 357 g/mol. The summed E-state index contributed by atoms with van der Waals surface area (Å²) in [6.07, 6.45) is 7.08. The maximum absolute atomic E-state index is 12.8. The maximum atomic E-state index is 12.8. The lowest BCUT2D eigenvalue weighted by molar-refractivity contribution is 0.0932. The van der Waals surface area contributed by atoms with Gasteiger partial charge in [-0.1, -0.05) is 42.5 Å². The molecule has 0 bridgehead atoms. The molecule has 27 heavy (non-hydrogen) atoms. The van der Waals surface area contributed by atoms with Crippen LogP contribution in [0.4, 0.5) is 0 Å². The van der Waals surface area contributed by atoms with Gasteiger partial charge in [0.25, 0.3) is 5.91 Å². The molecule has 6 nitrogen and oxygen atoms in total. The molecule has 0 unspecified atom stereocenters. The largest absolute Gasteiger partial charge is 0.343 e. The van der Waals surface area contributed by atoms with Crippen molar-refractivity contribution < 1.29 is 4.79 Å². The molecular formula is C21H19N5O. The van der Waals surface area contributed by atoms with Crippen LogP contribution >= 0.6 is 0 Å². The summed E-state index contributed by atoms with van der Waals surface area (Å²) in [5.74, 6) is -0.111. The van der Waals surface area contributed by atoms with Crippen LogP contribution in [0.1, 0.15) is 22.0 Å². The van der Waals surface area contributed by atoms with Crippen molar-refractivity contribution >= 4 is 5.91 Å². The molecule has 4 aromatic rings. The van der Waals surface area contributed by atoms with E-state index in [2.05, 4.69) is 20.5 Å². The van der Waals surface area contributed by atoms with Crippen LogP contribution in [0, 0.1) is 0 Å². The van der Waals surface area contributed by atoms with Crippen LogP contribution in [-0.4, -0.2) is 25.7 Å². The number of amides is 1. The summed E-state index contributed by atoms with van der Waals surface area (Å²) in [5, 5.41) is 10.0. The molecule has 0 saturated carbocycles. The number of nitrogens with zero attached hydrogens (tertiary/aromatic N) is 3. The second kappa shape index (κ2) is 7.70. The van der Waals surface area contributed by atoms with Crippen LogP contribution in [0.3, 0.4) is 0 Å². The van der Waals surface area contributed by atoms with Crippen molar-refractivity contribution in [1.29, 1.82) is 0 Å². The Morgan fingerprint density at radius 2 is 1.85 bits per heavy atom. The third kappa shape index (κ3) is 3.95. The van der Waals surface area contributed by atoms with Gasteiger partial charge in [0.15, 0.2) is 0 Å². The molecule has 0 fully saturated rings. The van der Waals surface area contributed by atoms with Gasteiger partial charge in [0.2, 0.25) is 0 Å². The van der Waals surface area contributed by atoms with E-state index in [1.54, 1.807) is 18.7 Å². The van der Waals surface area contributed by atoms with E-state index in [1.807, 2.05) is 71.4 Å². The molecule has 2 heterocycles. The lowest BCUT2D eigenvalue weighted by atomic mass is 10.1. The molecule has 0 aliphatic heterocycles. The Morgan fingerprint density at radius 3 is 2.52 bits per heavy atom. The zero-order valence-electron chi connectivity index (χ0n) is 14.6. The summed E-state index contributed by atoms with van der Waals surface area (Å²) in [6, 6.07) is 19.2. The van der Waals surface area contributed by atoms with Crippen LogP contribution in [0.2, 0.25) is 0 Å². The van der Waals surface area contributed by atoms with Gasteiger partial charge in [0, 0.05) is 30.7 Å². The first-order chi connectivity index (χ1) is 13.3. The SMILES string of the molecule is O=C(N[C@H](Cn1ccnc1)c1ccccc1)c1ccc(-c2ccn[nH]2)cc1. The summed E-state index contributed by atoms with van der Waals surface area (Å²) < 4.78 is 1.96. The van der Waals surface area contributed by atoms with Gasteiger partial charge in [-0.2, -0.15) is 5.10 Å². The maximum Gasteiger partial charge on any atom is 0.251 e. The Morgan fingerprint density at radius 1 is 1.04 bits per heavy atom. The first-order valence-electron chi connectivity index (χ1n) is 8.71. The Kier molecular flexibility index (Phi) is 4.78. The highest BCUT2D eigenvalue weighted by Crippen LogP contribution is 2.19. The number of benzene rings is 2. The topological polar surface area (TPSA) is 75.6 Å². The van der Waals surface area contributed by atoms with Crippen LogP contribution < -0.4 is 5.32 Å². The average Bonchev–Trinajstić information content (AvgIpc) is 3.42. The number of carbonyl (C=O) groups excluding carboxylic acids is 1. The van der Waals surface area contributed by atoms with Crippen LogP contribution in [0.15, 0.2) is 85.6 Å². The predicted octanol–water partition coefficient (Wildman–Crippen LogP) is 3.44. The number of imidazole rings is 1. The van der Waals surface area contributed by atoms with Crippen molar-refractivity contribution in [2.75, 3.05) is 0 Å². The van der Waals surface area contributed by atoms with E-state index in [9.17, 15) is 4.79 Å². The summed E-state index contributed by atoms with van der Waals surface area (Å²) in [7, 11) is 0. The summed E-state index contributed by atoms with van der Waals surface area (Å²) in [4.78, 5) is 16.9. The standard InChI is InChI=1S/C21H19N5O/c27-21(18-8-6-17(7-9-18)19-10-11-23-25-19)24-20(14-26-13-12-22-15-26)16-4-2-1-3-5-16/h1-13,15,20H,14H2,(H,23,25)(H,24,27)/t20-/m1/s1. The third-order valence-corrected chi connectivity index (χ3v) is 4.42. The highest BCUT2D eigenvalue weighted by atomic mass is 16.1. The van der Waals surface area contributed by atoms with E-state index in [-0.39, 0.29) is 11.9 Å². The van der Waals surface area contributed by atoms with Crippen LogP contribution in [0.5, 0.6) is 0 Å². The van der Waals surface area contributed by atoms with E-state index in [0.717, 1.165) is 16.8 Å². The Hall–Kier alpha value is -3.67. The molecule has 0 spiro atoms. The first-order valence-corrected chi connectivity index (χ1v) is 8.71. The second-order valence-corrected chi connectivity index (χ2v) is 6.24. The molecule has 1 amide bonds.